The number of hydrogen-bond acceptors (Lipinski definition) is 12. The van der Waals surface area contributed by atoms with Crippen molar-refractivity contribution in [3.8, 4) is 0 Å². The number of ether oxygens (including phenoxy) is 3. The van der Waals surface area contributed by atoms with Gasteiger partial charge in [0.2, 0.25) is 20.0 Å². The molecule has 0 aromatic carbocycles. The van der Waals surface area contributed by atoms with Crippen molar-refractivity contribution in [1.82, 2.24) is 4.90 Å². The SMILES string of the molecule is CN.CN=C(N)/C=C\N(C=O)C1CCC(COP(=O)(OCOC(=O)C(C)(C)C)OCOC(=O)C(C)(C)C)O1. The van der Waals surface area contributed by atoms with Gasteiger partial charge in [-0.3, -0.25) is 28.8 Å². The number of nitrogens with zero attached hydrogens (tertiary/aromatic N) is 2. The highest BCUT2D eigenvalue weighted by molar-refractivity contribution is 7.48. The minimum absolute atomic E-state index is 0.231. The van der Waals surface area contributed by atoms with E-state index in [4.69, 9.17) is 33.5 Å². The quantitative estimate of drug-likeness (QED) is 0.0826. The second-order valence-electron chi connectivity index (χ2n) is 9.91. The Morgan fingerprint density at radius 1 is 1.00 bits per heavy atom. The predicted octanol–water partition coefficient (Wildman–Crippen LogP) is 2.28. The van der Waals surface area contributed by atoms with Gasteiger partial charge in [-0.2, -0.15) is 0 Å². The molecule has 1 aliphatic heterocycles. The number of carbonyl (C=O) groups excluding carboxylic acids is 3. The molecule has 1 amide bonds. The first-order valence-corrected chi connectivity index (χ1v) is 13.3. The molecule has 0 spiro atoms. The third kappa shape index (κ3) is 13.4. The van der Waals surface area contributed by atoms with Crippen LogP contribution in [0.25, 0.3) is 0 Å². The van der Waals surface area contributed by atoms with Crippen molar-refractivity contribution in [1.29, 1.82) is 0 Å². The van der Waals surface area contributed by atoms with Gasteiger partial charge >= 0.3 is 19.8 Å². The van der Waals surface area contributed by atoms with E-state index in [0.717, 1.165) is 0 Å². The van der Waals surface area contributed by atoms with Crippen LogP contribution < -0.4 is 11.5 Å². The van der Waals surface area contributed by atoms with Gasteiger partial charge < -0.3 is 25.7 Å². The van der Waals surface area contributed by atoms with Gasteiger partial charge in [-0.05, 0) is 67.5 Å². The smallest absolute Gasteiger partial charge is 0.437 e. The second kappa shape index (κ2) is 16.6. The van der Waals surface area contributed by atoms with Crippen LogP contribution >= 0.6 is 7.82 Å². The molecule has 4 N–H and O–H groups in total. The van der Waals surface area contributed by atoms with Gasteiger partial charge in [-0.1, -0.05) is 0 Å². The Bertz CT molecular complexity index is 831. The highest BCUT2D eigenvalue weighted by Gasteiger charge is 2.35. The molecule has 0 aromatic rings. The summed E-state index contributed by atoms with van der Waals surface area (Å²) in [6.45, 7) is 8.20. The number of phosphoric ester groups is 1. The lowest BCUT2D eigenvalue weighted by Crippen LogP contribution is -2.31. The van der Waals surface area contributed by atoms with Gasteiger partial charge in [0, 0.05) is 13.2 Å². The molecule has 14 nitrogen and oxygen atoms in total. The molecule has 38 heavy (non-hydrogen) atoms. The Hall–Kier alpha value is -2.35. The highest BCUT2D eigenvalue weighted by atomic mass is 31.2. The van der Waals surface area contributed by atoms with E-state index in [1.165, 1.54) is 31.3 Å². The van der Waals surface area contributed by atoms with Gasteiger partial charge in [0.1, 0.15) is 12.1 Å². The number of rotatable bonds is 13. The van der Waals surface area contributed by atoms with Crippen molar-refractivity contribution >= 4 is 32.0 Å². The van der Waals surface area contributed by atoms with E-state index >= 15 is 0 Å². The molecule has 0 saturated carbocycles. The Morgan fingerprint density at radius 2 is 1.50 bits per heavy atom. The molecule has 15 heteroatoms. The molecule has 1 saturated heterocycles. The van der Waals surface area contributed by atoms with E-state index < -0.39 is 56.5 Å². The molecule has 1 aliphatic rings. The lowest BCUT2D eigenvalue weighted by molar-refractivity contribution is -0.163. The Labute approximate surface area is 224 Å². The zero-order valence-electron chi connectivity index (χ0n) is 23.5. The predicted molar refractivity (Wildman–Crippen MR) is 139 cm³/mol. The van der Waals surface area contributed by atoms with Gasteiger partial charge in [-0.25, -0.2) is 13.6 Å². The highest BCUT2D eigenvalue weighted by Crippen LogP contribution is 2.50. The molecule has 0 aromatic heterocycles. The largest absolute Gasteiger partial charge is 0.480 e. The first-order valence-electron chi connectivity index (χ1n) is 11.9. The zero-order chi connectivity index (χ0) is 29.6. The van der Waals surface area contributed by atoms with Crippen LogP contribution in [0.5, 0.6) is 0 Å². The van der Waals surface area contributed by atoms with Crippen LogP contribution in [0.2, 0.25) is 0 Å². The number of amides is 1. The maximum absolute atomic E-state index is 13.1. The average Bonchev–Trinajstić information content (AvgIpc) is 3.32. The lowest BCUT2D eigenvalue weighted by atomic mass is 9.98. The molecule has 2 atom stereocenters. The topological polar surface area (TPSA) is 191 Å². The fourth-order valence-electron chi connectivity index (χ4n) is 2.47. The van der Waals surface area contributed by atoms with Gasteiger partial charge in [0.15, 0.2) is 0 Å². The van der Waals surface area contributed by atoms with E-state index in [1.54, 1.807) is 41.5 Å². The van der Waals surface area contributed by atoms with Crippen LogP contribution in [0.1, 0.15) is 54.4 Å². The summed E-state index contributed by atoms with van der Waals surface area (Å²) in [5.74, 6) is -0.953. The second-order valence-corrected chi connectivity index (χ2v) is 11.6. The summed E-state index contributed by atoms with van der Waals surface area (Å²) in [7, 11) is -1.32. The normalized spacial score (nSPS) is 18.5. The minimum atomic E-state index is -4.33. The van der Waals surface area contributed by atoms with Crippen molar-refractivity contribution in [2.45, 2.75) is 66.7 Å². The molecule has 1 fully saturated rings. The Kier molecular flexibility index (Phi) is 15.6. The standard InChI is InChI=1S/C22H38N3O10P.CH5N/c1-21(2,3)19(27)30-14-33-36(29,34-15-31-20(28)22(4,5)6)32-12-16-8-9-18(35-16)25(13-26)11-10-17(23)24-7;1-2/h10-11,13,16,18H,8-9,12,14-15H2,1-7H3,(H2,23,24);2H2,1H3/b11-10-;. The number of aliphatic imine (C=N–C) groups is 1. The van der Waals surface area contributed by atoms with Gasteiger partial charge in [0.05, 0.1) is 23.5 Å². The van der Waals surface area contributed by atoms with E-state index in [9.17, 15) is 18.9 Å². The molecule has 220 valence electrons. The van der Waals surface area contributed by atoms with E-state index in [-0.39, 0.29) is 12.4 Å². The van der Waals surface area contributed by atoms with Crippen LogP contribution in [0.4, 0.5) is 0 Å². The number of esters is 2. The van der Waals surface area contributed by atoms with Crippen molar-refractivity contribution < 1.29 is 46.7 Å². The summed E-state index contributed by atoms with van der Waals surface area (Å²) in [5, 5.41) is 0. The summed E-state index contributed by atoms with van der Waals surface area (Å²) >= 11 is 0. The van der Waals surface area contributed by atoms with Crippen LogP contribution in [-0.2, 0) is 46.7 Å². The van der Waals surface area contributed by atoms with Crippen molar-refractivity contribution in [2.75, 3.05) is 34.3 Å². The van der Waals surface area contributed by atoms with Crippen LogP contribution in [-0.4, -0.2) is 75.7 Å². The molecule has 1 heterocycles. The summed E-state index contributed by atoms with van der Waals surface area (Å²) in [4.78, 5) is 40.4. The first kappa shape index (κ1) is 35.6. The Morgan fingerprint density at radius 3 is 1.92 bits per heavy atom. The number of carbonyl (C=O) groups is 3. The fraction of sp³-hybridized carbons (Fsp3) is 0.739. The summed E-state index contributed by atoms with van der Waals surface area (Å²) in [6.07, 6.45) is 3.26. The van der Waals surface area contributed by atoms with Gasteiger partial charge in [0.25, 0.3) is 0 Å². The Balaban J connectivity index is 0.00000667. The molecular formula is C23H43N4O10P. The number of hydrogen-bond donors (Lipinski definition) is 2. The van der Waals surface area contributed by atoms with Crippen molar-refractivity contribution in [2.24, 2.45) is 27.3 Å². The van der Waals surface area contributed by atoms with Gasteiger partial charge in [-0.15, -0.1) is 0 Å². The molecule has 1 rings (SSSR count). The van der Waals surface area contributed by atoms with Crippen molar-refractivity contribution in [3.63, 3.8) is 0 Å². The van der Waals surface area contributed by atoms with E-state index in [0.29, 0.717) is 19.3 Å². The monoisotopic (exact) mass is 566 g/mol. The molecule has 0 aliphatic carbocycles. The molecule has 2 unspecified atom stereocenters. The van der Waals surface area contributed by atoms with Crippen LogP contribution in [0.3, 0.4) is 0 Å². The third-order valence-corrected chi connectivity index (χ3v) is 5.97. The maximum atomic E-state index is 13.1. The maximum Gasteiger partial charge on any atom is 0.480 e. The average molecular weight is 567 g/mol. The van der Waals surface area contributed by atoms with Crippen molar-refractivity contribution in [3.05, 3.63) is 12.3 Å². The zero-order valence-corrected chi connectivity index (χ0v) is 24.4. The van der Waals surface area contributed by atoms with E-state index in [2.05, 4.69) is 10.7 Å². The summed E-state index contributed by atoms with van der Waals surface area (Å²) in [6, 6.07) is 0. The number of amidine groups is 1. The molecule has 0 bridgehead atoms. The summed E-state index contributed by atoms with van der Waals surface area (Å²) in [5.41, 5.74) is 8.48. The fourth-order valence-corrected chi connectivity index (χ4v) is 3.41. The number of nitrogens with two attached hydrogens (primary N) is 2. The molecular weight excluding hydrogens is 523 g/mol. The minimum Gasteiger partial charge on any atom is -0.437 e. The molecule has 0 radical (unpaired) electrons. The first-order chi connectivity index (χ1) is 17.6. The third-order valence-electron chi connectivity index (χ3n) is 4.66. The van der Waals surface area contributed by atoms with Crippen LogP contribution in [0, 0.1) is 10.8 Å². The van der Waals surface area contributed by atoms with E-state index in [1.807, 2.05) is 0 Å². The van der Waals surface area contributed by atoms with Crippen LogP contribution in [0.15, 0.2) is 17.3 Å². The number of phosphoric acid groups is 1. The lowest BCUT2D eigenvalue weighted by Gasteiger charge is -2.23. The summed E-state index contributed by atoms with van der Waals surface area (Å²) < 4.78 is 44.4.